The Morgan fingerprint density at radius 1 is 1.55 bits per heavy atom. The Bertz CT molecular complexity index is 252. The second-order valence-electron chi connectivity index (χ2n) is 1.94. The van der Waals surface area contributed by atoms with Crippen LogP contribution in [0, 0.1) is 5.82 Å². The van der Waals surface area contributed by atoms with Gasteiger partial charge in [0.1, 0.15) is 5.82 Å². The Balaban J connectivity index is 3.25. The first kappa shape index (κ1) is 8.14. The topological polar surface area (TPSA) is 29.5 Å². The van der Waals surface area contributed by atoms with Crippen LogP contribution in [0.4, 0.5) is 4.39 Å². The molecule has 0 aliphatic heterocycles. The first-order chi connectivity index (χ1) is 5.15. The molecule has 0 heterocycles. The average molecular weight is 177 g/mol. The van der Waals surface area contributed by atoms with Crippen LogP contribution in [0.25, 0.3) is 0 Å². The molecule has 0 amide bonds. The number of halogens is 2. The standard InChI is InChI=1S/C7H6ClFO2/c1-11-7-5(8)2-4(9)3-6(7)10/h2-3,10H,1H3. The molecule has 0 unspecified atom stereocenters. The van der Waals surface area contributed by atoms with Gasteiger partial charge in [-0.3, -0.25) is 0 Å². The minimum Gasteiger partial charge on any atom is -0.504 e. The van der Waals surface area contributed by atoms with Crippen LogP contribution in [0.1, 0.15) is 0 Å². The molecule has 1 rings (SSSR count). The van der Waals surface area contributed by atoms with Gasteiger partial charge in [-0.05, 0) is 6.07 Å². The summed E-state index contributed by atoms with van der Waals surface area (Å²) in [5.74, 6) is -0.793. The van der Waals surface area contributed by atoms with Gasteiger partial charge in [0.15, 0.2) is 11.5 Å². The summed E-state index contributed by atoms with van der Waals surface area (Å²) >= 11 is 5.51. The zero-order valence-corrected chi connectivity index (χ0v) is 6.52. The predicted molar refractivity (Wildman–Crippen MR) is 39.6 cm³/mol. The lowest BCUT2D eigenvalue weighted by molar-refractivity contribution is 0.371. The number of hydrogen-bond donors (Lipinski definition) is 1. The molecular formula is C7H6ClFO2. The maximum absolute atomic E-state index is 12.4. The maximum Gasteiger partial charge on any atom is 0.179 e. The average Bonchev–Trinajstić information content (AvgIpc) is 1.85. The first-order valence-corrected chi connectivity index (χ1v) is 3.25. The molecule has 60 valence electrons. The van der Waals surface area contributed by atoms with Gasteiger partial charge in [0.25, 0.3) is 0 Å². The van der Waals surface area contributed by atoms with Crippen molar-refractivity contribution in [1.82, 2.24) is 0 Å². The van der Waals surface area contributed by atoms with E-state index in [4.69, 9.17) is 16.7 Å². The van der Waals surface area contributed by atoms with E-state index in [0.717, 1.165) is 12.1 Å². The van der Waals surface area contributed by atoms with Crippen molar-refractivity contribution in [3.05, 3.63) is 23.0 Å². The Kier molecular flexibility index (Phi) is 2.19. The Hall–Kier alpha value is -0.960. The molecule has 1 aromatic rings. The number of hydrogen-bond acceptors (Lipinski definition) is 2. The third-order valence-corrected chi connectivity index (χ3v) is 1.47. The maximum atomic E-state index is 12.4. The van der Waals surface area contributed by atoms with Gasteiger partial charge < -0.3 is 9.84 Å². The van der Waals surface area contributed by atoms with Gasteiger partial charge in [-0.15, -0.1) is 0 Å². The zero-order chi connectivity index (χ0) is 8.43. The fourth-order valence-corrected chi connectivity index (χ4v) is 1.03. The third kappa shape index (κ3) is 1.54. The summed E-state index contributed by atoms with van der Waals surface area (Å²) in [4.78, 5) is 0. The van der Waals surface area contributed by atoms with Gasteiger partial charge in [-0.1, -0.05) is 11.6 Å². The quantitative estimate of drug-likeness (QED) is 0.711. The van der Waals surface area contributed by atoms with Gasteiger partial charge in [0.2, 0.25) is 0 Å². The molecule has 2 nitrogen and oxygen atoms in total. The van der Waals surface area contributed by atoms with Crippen LogP contribution in [0.15, 0.2) is 12.1 Å². The molecule has 0 fully saturated rings. The van der Waals surface area contributed by atoms with Crippen molar-refractivity contribution in [1.29, 1.82) is 0 Å². The van der Waals surface area contributed by atoms with E-state index < -0.39 is 5.82 Å². The van der Waals surface area contributed by atoms with Crippen LogP contribution in [-0.4, -0.2) is 12.2 Å². The van der Waals surface area contributed by atoms with E-state index in [1.165, 1.54) is 7.11 Å². The van der Waals surface area contributed by atoms with Crippen LogP contribution in [-0.2, 0) is 0 Å². The van der Waals surface area contributed by atoms with Gasteiger partial charge in [-0.25, -0.2) is 4.39 Å². The molecule has 0 aliphatic carbocycles. The molecule has 0 radical (unpaired) electrons. The second kappa shape index (κ2) is 2.96. The Morgan fingerprint density at radius 2 is 2.18 bits per heavy atom. The summed E-state index contributed by atoms with van der Waals surface area (Å²) in [6.07, 6.45) is 0. The van der Waals surface area contributed by atoms with Crippen molar-refractivity contribution < 1.29 is 14.2 Å². The van der Waals surface area contributed by atoms with Crippen LogP contribution in [0.3, 0.4) is 0 Å². The fourth-order valence-electron chi connectivity index (χ4n) is 0.749. The molecule has 0 aliphatic rings. The molecule has 11 heavy (non-hydrogen) atoms. The minimum atomic E-state index is -0.590. The van der Waals surface area contributed by atoms with E-state index in [2.05, 4.69) is 4.74 Å². The predicted octanol–water partition coefficient (Wildman–Crippen LogP) is 2.19. The van der Waals surface area contributed by atoms with Crippen LogP contribution < -0.4 is 4.74 Å². The summed E-state index contributed by atoms with van der Waals surface area (Å²) in [6, 6.07) is 2.00. The second-order valence-corrected chi connectivity index (χ2v) is 2.35. The van der Waals surface area contributed by atoms with Crippen molar-refractivity contribution in [3.8, 4) is 11.5 Å². The smallest absolute Gasteiger partial charge is 0.179 e. The van der Waals surface area contributed by atoms with E-state index in [1.54, 1.807) is 0 Å². The lowest BCUT2D eigenvalue weighted by Gasteiger charge is -2.04. The minimum absolute atomic E-state index is 0.0602. The molecule has 1 N–H and O–H groups in total. The molecule has 4 heteroatoms. The van der Waals surface area contributed by atoms with Gasteiger partial charge in [0, 0.05) is 6.07 Å². The van der Waals surface area contributed by atoms with Crippen molar-refractivity contribution >= 4 is 11.6 Å². The summed E-state index contributed by atoms with van der Waals surface area (Å²) < 4.78 is 17.1. The van der Waals surface area contributed by atoms with Gasteiger partial charge in [0.05, 0.1) is 12.1 Å². The Labute approximate surface area is 68.2 Å². The highest BCUT2D eigenvalue weighted by atomic mass is 35.5. The SMILES string of the molecule is COc1c(O)cc(F)cc1Cl. The van der Waals surface area contributed by atoms with Crippen LogP contribution in [0.2, 0.25) is 5.02 Å². The summed E-state index contributed by atoms with van der Waals surface area (Å²) in [7, 11) is 1.35. The van der Waals surface area contributed by atoms with E-state index in [1.807, 2.05) is 0 Å². The molecule has 0 saturated heterocycles. The zero-order valence-electron chi connectivity index (χ0n) is 5.77. The number of phenols is 1. The van der Waals surface area contributed by atoms with Gasteiger partial charge >= 0.3 is 0 Å². The fraction of sp³-hybridized carbons (Fsp3) is 0.143. The van der Waals surface area contributed by atoms with Crippen molar-refractivity contribution in [2.75, 3.05) is 7.11 Å². The molecular weight excluding hydrogens is 171 g/mol. The highest BCUT2D eigenvalue weighted by Crippen LogP contribution is 2.34. The van der Waals surface area contributed by atoms with Crippen molar-refractivity contribution in [2.24, 2.45) is 0 Å². The largest absolute Gasteiger partial charge is 0.504 e. The number of rotatable bonds is 1. The van der Waals surface area contributed by atoms with E-state index in [-0.39, 0.29) is 16.5 Å². The molecule has 0 atom stereocenters. The number of methoxy groups -OCH3 is 1. The number of ether oxygens (including phenoxy) is 1. The molecule has 0 saturated carbocycles. The van der Waals surface area contributed by atoms with Crippen LogP contribution in [0.5, 0.6) is 11.5 Å². The number of phenolic OH excluding ortho intramolecular Hbond substituents is 1. The van der Waals surface area contributed by atoms with Crippen molar-refractivity contribution in [2.45, 2.75) is 0 Å². The van der Waals surface area contributed by atoms with E-state index >= 15 is 0 Å². The lowest BCUT2D eigenvalue weighted by atomic mass is 10.3. The normalized spacial score (nSPS) is 9.73. The molecule has 1 aromatic carbocycles. The summed E-state index contributed by atoms with van der Waals surface area (Å²) in [6.45, 7) is 0. The monoisotopic (exact) mass is 176 g/mol. The molecule has 0 aromatic heterocycles. The highest BCUT2D eigenvalue weighted by molar-refractivity contribution is 6.32. The lowest BCUT2D eigenvalue weighted by Crippen LogP contribution is -1.86. The first-order valence-electron chi connectivity index (χ1n) is 2.87. The summed E-state index contributed by atoms with van der Waals surface area (Å²) in [5.41, 5.74) is 0. The number of aromatic hydroxyl groups is 1. The summed E-state index contributed by atoms with van der Waals surface area (Å²) in [5, 5.41) is 9.08. The van der Waals surface area contributed by atoms with Crippen molar-refractivity contribution in [3.63, 3.8) is 0 Å². The number of benzene rings is 1. The molecule has 0 bridgehead atoms. The third-order valence-electron chi connectivity index (χ3n) is 1.19. The molecule has 0 spiro atoms. The van der Waals surface area contributed by atoms with E-state index in [0.29, 0.717) is 0 Å². The van der Waals surface area contributed by atoms with Gasteiger partial charge in [-0.2, -0.15) is 0 Å². The highest BCUT2D eigenvalue weighted by Gasteiger charge is 2.08. The van der Waals surface area contributed by atoms with E-state index in [9.17, 15) is 4.39 Å². The Morgan fingerprint density at radius 3 is 2.64 bits per heavy atom. The van der Waals surface area contributed by atoms with Crippen LogP contribution >= 0.6 is 11.6 Å².